The molecule has 37 nitrogen and oxygen atoms in total. The van der Waals surface area contributed by atoms with Crippen molar-refractivity contribution in [3.05, 3.63) is 4.91 Å². The number of hydrogen-bond acceptors (Lipinski definition) is 33. The number of carbonyl (C=O) groups is 14. The molecule has 1 aliphatic rings. The maximum Gasteiger partial charge on any atom is 0.317 e. The van der Waals surface area contributed by atoms with Crippen LogP contribution < -0.4 is 16.3 Å². The predicted octanol–water partition coefficient (Wildman–Crippen LogP) is 1.06. The highest BCUT2D eigenvalue weighted by Crippen LogP contribution is 2.35. The van der Waals surface area contributed by atoms with E-state index in [9.17, 15) is 82.6 Å². The first kappa shape index (κ1) is 89.9. The average Bonchev–Trinajstić information content (AvgIpc) is 1.12. The highest BCUT2D eigenvalue weighted by atomic mass is 16.7. The summed E-state index contributed by atoms with van der Waals surface area (Å²) in [5, 5.41) is 36.0. The summed E-state index contributed by atoms with van der Waals surface area (Å²) in [6.07, 6.45) is -14.0. The number of esters is 9. The van der Waals surface area contributed by atoms with Crippen molar-refractivity contribution < 1.29 is 139 Å². The van der Waals surface area contributed by atoms with Gasteiger partial charge in [0.05, 0.1) is 32.5 Å². The van der Waals surface area contributed by atoms with Crippen molar-refractivity contribution in [2.75, 3.05) is 85.5 Å². The number of hydroxylamine groups is 2. The molecule has 37 heteroatoms. The zero-order valence-electron chi connectivity index (χ0n) is 59.6. The summed E-state index contributed by atoms with van der Waals surface area (Å²) in [4.78, 5) is 208. The van der Waals surface area contributed by atoms with Gasteiger partial charge < -0.3 is 72.8 Å². The van der Waals surface area contributed by atoms with Crippen molar-refractivity contribution >= 4 is 84.0 Å². The highest BCUT2D eigenvalue weighted by Gasteiger charge is 2.49. The van der Waals surface area contributed by atoms with Gasteiger partial charge in [-0.2, -0.15) is 4.91 Å². The average molecular weight is 1440 g/mol. The normalized spacial score (nSPS) is 18.7. The first-order chi connectivity index (χ1) is 46.8. The van der Waals surface area contributed by atoms with Gasteiger partial charge in [-0.05, 0) is 31.6 Å². The lowest BCUT2D eigenvalue weighted by molar-refractivity contribution is -0.199. The van der Waals surface area contributed by atoms with Crippen LogP contribution in [0.1, 0.15) is 136 Å². The number of hydrogen-bond donors (Lipinski definition) is 6. The SMILES string of the molecule is CCC(C)C(OC(C)=O)C(C)C(OC(C)=O)C(CC(CNOCCCC1CN(CC(=O)O)CCN(CC(=O)O)C1N(COC=O)CC(=O)O)(CNOCC(OC(C)=O)C(C)C(OC(C)=O)C(C)COC(C)=O)CNC(=O)C(OC(C)=O)C(OC(C)=O)C(OC(C)=O)C(CC)OC(C)=O)N=O. The molecule has 1 fully saturated rings. The summed E-state index contributed by atoms with van der Waals surface area (Å²) in [5.41, 5.74) is 3.73. The number of nitrogens with one attached hydrogen (secondary N) is 3. The van der Waals surface area contributed by atoms with Crippen molar-refractivity contribution in [2.24, 2.45) is 40.2 Å². The zero-order chi connectivity index (χ0) is 76.1. The van der Waals surface area contributed by atoms with Gasteiger partial charge in [-0.25, -0.2) is 15.9 Å². The van der Waals surface area contributed by atoms with Gasteiger partial charge in [0.25, 0.3) is 12.4 Å². The van der Waals surface area contributed by atoms with E-state index in [-0.39, 0.29) is 58.6 Å². The number of aliphatic carboxylic acids is 3. The Balaban J connectivity index is 4.54. The second kappa shape index (κ2) is 46.3. The minimum Gasteiger partial charge on any atom is -0.480 e. The Kier molecular flexibility index (Phi) is 41.7. The topological polar surface area (TPSA) is 486 Å². The molecule has 570 valence electrons. The Morgan fingerprint density at radius 2 is 1.08 bits per heavy atom. The van der Waals surface area contributed by atoms with E-state index in [0.29, 0.717) is 6.42 Å². The molecule has 16 atom stereocenters. The van der Waals surface area contributed by atoms with E-state index in [1.54, 1.807) is 34.6 Å². The third kappa shape index (κ3) is 33.8. The lowest BCUT2D eigenvalue weighted by Crippen LogP contribution is -2.59. The molecule has 0 aromatic rings. The molecule has 0 saturated carbocycles. The number of amides is 1. The van der Waals surface area contributed by atoms with Crippen LogP contribution in [0.4, 0.5) is 0 Å². The van der Waals surface area contributed by atoms with E-state index in [0.717, 1.165) is 55.4 Å². The quantitative estimate of drug-likeness (QED) is 0.00943. The van der Waals surface area contributed by atoms with Crippen LogP contribution in [0.15, 0.2) is 5.18 Å². The first-order valence-corrected chi connectivity index (χ1v) is 32.6. The van der Waals surface area contributed by atoms with Crippen molar-refractivity contribution in [1.29, 1.82) is 0 Å². The predicted molar refractivity (Wildman–Crippen MR) is 342 cm³/mol. The Labute approximate surface area is 580 Å². The van der Waals surface area contributed by atoms with Crippen LogP contribution in [0.25, 0.3) is 0 Å². The van der Waals surface area contributed by atoms with Gasteiger partial charge in [0, 0.05) is 131 Å². The molecular formula is C63H103N7O30. The summed E-state index contributed by atoms with van der Waals surface area (Å²) in [5.74, 6) is -17.1. The molecule has 1 aliphatic heterocycles. The fourth-order valence-electron chi connectivity index (χ4n) is 11.8. The zero-order valence-corrected chi connectivity index (χ0v) is 59.6. The van der Waals surface area contributed by atoms with E-state index in [4.69, 9.17) is 57.0 Å². The molecule has 16 unspecified atom stereocenters. The molecule has 1 amide bonds. The Bertz CT molecular complexity index is 2710. The summed E-state index contributed by atoms with van der Waals surface area (Å²) in [6.45, 7) is 13.6. The number of nitrogens with zero attached hydrogens (tertiary/aromatic N) is 4. The van der Waals surface area contributed by atoms with E-state index >= 15 is 4.79 Å². The van der Waals surface area contributed by atoms with Crippen LogP contribution in [0.5, 0.6) is 0 Å². The van der Waals surface area contributed by atoms with E-state index in [1.165, 1.54) is 28.5 Å². The third-order valence-electron chi connectivity index (χ3n) is 16.2. The van der Waals surface area contributed by atoms with Gasteiger partial charge in [0.2, 0.25) is 6.10 Å². The lowest BCUT2D eigenvalue weighted by atomic mass is 9.76. The number of carbonyl (C=O) groups excluding carboxylic acids is 11. The number of rotatable bonds is 50. The summed E-state index contributed by atoms with van der Waals surface area (Å²) in [6, 6.07) is -1.70. The molecule has 0 aliphatic carbocycles. The fraction of sp³-hybridized carbons (Fsp3) is 0.778. The van der Waals surface area contributed by atoms with Gasteiger partial charge in [-0.1, -0.05) is 53.1 Å². The second-order valence-corrected chi connectivity index (χ2v) is 24.7. The summed E-state index contributed by atoms with van der Waals surface area (Å²) >= 11 is 0. The van der Waals surface area contributed by atoms with Gasteiger partial charge in [0.1, 0.15) is 56.4 Å². The molecule has 0 spiro atoms. The first-order valence-electron chi connectivity index (χ1n) is 32.6. The van der Waals surface area contributed by atoms with Crippen molar-refractivity contribution in [1.82, 2.24) is 31.0 Å². The van der Waals surface area contributed by atoms with Crippen molar-refractivity contribution in [3.8, 4) is 0 Å². The van der Waals surface area contributed by atoms with E-state index < -0.39 is 233 Å². The van der Waals surface area contributed by atoms with E-state index in [2.05, 4.69) is 21.5 Å². The molecule has 0 radical (unpaired) electrons. The van der Waals surface area contributed by atoms with Crippen LogP contribution in [0.2, 0.25) is 0 Å². The van der Waals surface area contributed by atoms with Gasteiger partial charge in [-0.3, -0.25) is 81.8 Å². The molecule has 0 aromatic heterocycles. The molecule has 0 aromatic carbocycles. The van der Waals surface area contributed by atoms with Crippen LogP contribution in [0, 0.1) is 39.9 Å². The van der Waals surface area contributed by atoms with Crippen LogP contribution in [0.3, 0.4) is 0 Å². The minimum absolute atomic E-state index is 0.0215. The monoisotopic (exact) mass is 1440 g/mol. The number of carboxylic acids is 3. The lowest BCUT2D eigenvalue weighted by Gasteiger charge is -2.41. The highest BCUT2D eigenvalue weighted by molar-refractivity contribution is 5.85. The number of ether oxygens (including phenoxy) is 10. The van der Waals surface area contributed by atoms with E-state index in [1.807, 2.05) is 0 Å². The molecule has 1 heterocycles. The molecule has 0 bridgehead atoms. The Morgan fingerprint density at radius 1 is 0.570 bits per heavy atom. The minimum atomic E-state index is -2.27. The van der Waals surface area contributed by atoms with Crippen molar-refractivity contribution in [3.63, 3.8) is 0 Å². The third-order valence-corrected chi connectivity index (χ3v) is 16.2. The van der Waals surface area contributed by atoms with Crippen molar-refractivity contribution in [2.45, 2.75) is 197 Å². The standard InChI is InChI=1S/C63H103N7O30/c1-16-35(3)55(95-42(10)75)38(6)57(97-44(12)77)49(67-88)23-63(32-66-92-29-51(94-41(9)74)37(5)56(96-43(11)76)36(4)28-90-39(7)72,30-64-61(87)60(100-47(15)80)59(99-46(14)79)58(98-45(13)78)50(17-2)93-40(8)73)31-65-91-22-18-19-48-24-68(25-52(81)82)20-21-69(26-53(83)84)62(48)70(27-54(85)86)33-89-34-71/h34-38,48-51,55-60,62,65-66H,16-33H2,1-15H3,(H,64,87)(H,81,82)(H,83,84)(H,85,86). The summed E-state index contributed by atoms with van der Waals surface area (Å²) < 4.78 is 55.3. The van der Waals surface area contributed by atoms with Crippen LogP contribution >= 0.6 is 0 Å². The maximum atomic E-state index is 15.2. The molecule has 100 heavy (non-hydrogen) atoms. The second-order valence-electron chi connectivity index (χ2n) is 24.7. The molecular weight excluding hydrogens is 1330 g/mol. The van der Waals surface area contributed by atoms with Gasteiger partial charge >= 0.3 is 71.6 Å². The molecule has 6 N–H and O–H groups in total. The number of carboxylic acid groups (broad SMARTS) is 3. The largest absolute Gasteiger partial charge is 0.480 e. The molecule has 1 rings (SSSR count). The smallest absolute Gasteiger partial charge is 0.317 e. The Hall–Kier alpha value is -8.10. The maximum absolute atomic E-state index is 15.2. The van der Waals surface area contributed by atoms with Gasteiger partial charge in [-0.15, -0.1) is 0 Å². The molecule has 1 saturated heterocycles. The Morgan fingerprint density at radius 3 is 1.57 bits per heavy atom. The fourth-order valence-corrected chi connectivity index (χ4v) is 11.8. The van der Waals surface area contributed by atoms with Gasteiger partial charge in [0.15, 0.2) is 12.2 Å². The summed E-state index contributed by atoms with van der Waals surface area (Å²) in [7, 11) is 0. The van der Waals surface area contributed by atoms with Crippen LogP contribution in [-0.4, -0.2) is 261 Å². The number of nitroso groups, excluding NO2 is 1. The van der Waals surface area contributed by atoms with Crippen LogP contribution in [-0.2, 0) is 124 Å².